The van der Waals surface area contributed by atoms with Gasteiger partial charge in [0.15, 0.2) is 0 Å². The molecular formula is C15H14FN3O2. The summed E-state index contributed by atoms with van der Waals surface area (Å²) in [5.74, 6) is -0.610. The summed E-state index contributed by atoms with van der Waals surface area (Å²) < 4.78 is 19.2. The minimum Gasteiger partial charge on any atom is -0.447 e. The van der Waals surface area contributed by atoms with Gasteiger partial charge >= 0.3 is 6.09 Å². The van der Waals surface area contributed by atoms with Crippen molar-refractivity contribution in [2.75, 3.05) is 23.0 Å². The highest BCUT2D eigenvalue weighted by molar-refractivity contribution is 5.92. The number of cyclic esters (lactones) is 1. The first-order valence-electron chi connectivity index (χ1n) is 6.43. The van der Waals surface area contributed by atoms with Crippen molar-refractivity contribution in [1.82, 2.24) is 0 Å². The second-order valence-electron chi connectivity index (χ2n) is 4.81. The first-order valence-corrected chi connectivity index (χ1v) is 6.43. The zero-order chi connectivity index (χ0) is 15.0. The molecule has 1 saturated heterocycles. The van der Waals surface area contributed by atoms with Crippen LogP contribution in [0.3, 0.4) is 0 Å². The van der Waals surface area contributed by atoms with Crippen molar-refractivity contribution >= 4 is 23.2 Å². The van der Waals surface area contributed by atoms with E-state index in [1.54, 1.807) is 0 Å². The van der Waals surface area contributed by atoms with E-state index in [9.17, 15) is 9.18 Å². The number of anilines is 3. The molecule has 1 heterocycles. The predicted octanol–water partition coefficient (Wildman–Crippen LogP) is 2.69. The number of halogens is 1. The maximum absolute atomic E-state index is 14.2. The fourth-order valence-electron chi connectivity index (χ4n) is 2.39. The van der Waals surface area contributed by atoms with Crippen LogP contribution >= 0.6 is 0 Å². The topological polar surface area (TPSA) is 81.6 Å². The monoisotopic (exact) mass is 287 g/mol. The average Bonchev–Trinajstić information content (AvgIpc) is 2.85. The lowest BCUT2D eigenvalue weighted by Gasteiger charge is -2.23. The van der Waals surface area contributed by atoms with Crippen LogP contribution in [0.15, 0.2) is 42.5 Å². The van der Waals surface area contributed by atoms with E-state index in [2.05, 4.69) is 0 Å². The molecule has 1 atom stereocenters. The Morgan fingerprint density at radius 3 is 2.52 bits per heavy atom. The molecule has 0 aliphatic carbocycles. The molecule has 1 aliphatic rings. The molecule has 2 aromatic rings. The maximum atomic E-state index is 14.2. The number of nitrogens with two attached hydrogens (primary N) is 2. The number of benzene rings is 2. The number of hydrogen-bond donors (Lipinski definition) is 2. The summed E-state index contributed by atoms with van der Waals surface area (Å²) in [6.45, 7) is 0.159. The number of hydrogen-bond acceptors (Lipinski definition) is 4. The second kappa shape index (κ2) is 4.97. The number of carbonyl (C=O) groups is 1. The van der Waals surface area contributed by atoms with Crippen molar-refractivity contribution < 1.29 is 13.9 Å². The van der Waals surface area contributed by atoms with Crippen LogP contribution in [-0.2, 0) is 4.74 Å². The molecule has 1 unspecified atom stereocenters. The largest absolute Gasteiger partial charge is 0.447 e. The van der Waals surface area contributed by atoms with Gasteiger partial charge in [0, 0.05) is 6.07 Å². The van der Waals surface area contributed by atoms with Gasteiger partial charge in [-0.25, -0.2) is 9.18 Å². The molecule has 0 spiro atoms. The Balaban J connectivity index is 2.06. The molecule has 0 aromatic heterocycles. The van der Waals surface area contributed by atoms with E-state index in [0.29, 0.717) is 0 Å². The van der Waals surface area contributed by atoms with E-state index in [1.807, 2.05) is 30.3 Å². The van der Waals surface area contributed by atoms with Gasteiger partial charge in [-0.2, -0.15) is 0 Å². The van der Waals surface area contributed by atoms with Crippen molar-refractivity contribution in [3.8, 4) is 0 Å². The molecule has 3 rings (SSSR count). The summed E-state index contributed by atoms with van der Waals surface area (Å²) in [4.78, 5) is 13.2. The summed E-state index contributed by atoms with van der Waals surface area (Å²) in [6, 6.07) is 11.4. The van der Waals surface area contributed by atoms with Crippen molar-refractivity contribution in [2.45, 2.75) is 6.04 Å². The van der Waals surface area contributed by atoms with Gasteiger partial charge in [0.05, 0.1) is 23.1 Å². The van der Waals surface area contributed by atoms with E-state index < -0.39 is 18.0 Å². The van der Waals surface area contributed by atoms with E-state index in [0.717, 1.165) is 11.6 Å². The van der Waals surface area contributed by atoms with Gasteiger partial charge in [-0.1, -0.05) is 30.3 Å². The Morgan fingerprint density at radius 2 is 1.81 bits per heavy atom. The summed E-state index contributed by atoms with van der Waals surface area (Å²) in [5, 5.41) is 0. The third kappa shape index (κ3) is 2.24. The van der Waals surface area contributed by atoms with Crippen molar-refractivity contribution in [3.05, 3.63) is 53.8 Å². The Labute approximate surface area is 120 Å². The summed E-state index contributed by atoms with van der Waals surface area (Å²) in [6.07, 6.45) is -0.605. The first kappa shape index (κ1) is 13.2. The van der Waals surface area contributed by atoms with Gasteiger partial charge in [-0.3, -0.25) is 4.90 Å². The third-order valence-electron chi connectivity index (χ3n) is 3.47. The molecule has 0 radical (unpaired) electrons. The van der Waals surface area contributed by atoms with E-state index >= 15 is 0 Å². The molecule has 1 amide bonds. The molecule has 2 aromatic carbocycles. The van der Waals surface area contributed by atoms with Crippen LogP contribution in [0.2, 0.25) is 0 Å². The van der Waals surface area contributed by atoms with Crippen molar-refractivity contribution in [2.24, 2.45) is 0 Å². The van der Waals surface area contributed by atoms with Crippen molar-refractivity contribution in [3.63, 3.8) is 0 Å². The van der Waals surface area contributed by atoms with Gasteiger partial charge in [0.2, 0.25) is 0 Å². The zero-order valence-corrected chi connectivity index (χ0v) is 11.1. The first-order chi connectivity index (χ1) is 10.1. The lowest BCUT2D eigenvalue weighted by molar-refractivity contribution is 0.179. The highest BCUT2D eigenvalue weighted by atomic mass is 19.1. The molecule has 4 N–H and O–H groups in total. The van der Waals surface area contributed by atoms with Gasteiger partial charge in [-0.05, 0) is 11.6 Å². The summed E-state index contributed by atoms with van der Waals surface area (Å²) in [7, 11) is 0. The third-order valence-corrected chi connectivity index (χ3v) is 3.47. The highest BCUT2D eigenvalue weighted by Crippen LogP contribution is 2.36. The second-order valence-corrected chi connectivity index (χ2v) is 4.81. The fraction of sp³-hybridized carbons (Fsp3) is 0.133. The van der Waals surface area contributed by atoms with E-state index in [4.69, 9.17) is 16.2 Å². The van der Waals surface area contributed by atoms with Crippen LogP contribution in [0.5, 0.6) is 0 Å². The Hall–Kier alpha value is -2.76. The molecule has 1 aliphatic heterocycles. The van der Waals surface area contributed by atoms with Gasteiger partial charge in [-0.15, -0.1) is 0 Å². The lowest BCUT2D eigenvalue weighted by atomic mass is 10.1. The Bertz CT molecular complexity index is 691. The molecular weight excluding hydrogens is 273 g/mol. The number of rotatable bonds is 2. The quantitative estimate of drug-likeness (QED) is 0.832. The maximum Gasteiger partial charge on any atom is 0.415 e. The molecule has 5 nitrogen and oxygen atoms in total. The molecule has 0 bridgehead atoms. The highest BCUT2D eigenvalue weighted by Gasteiger charge is 2.37. The number of carbonyl (C=O) groups excluding carboxylic acids is 1. The number of nitrogens with zero attached hydrogens (tertiary/aromatic N) is 1. The molecule has 108 valence electrons. The standard InChI is InChI=1S/C15H14FN3O2/c16-10-6-11(17)12(18)7-13(10)19-14(8-21-15(19)20)9-4-2-1-3-5-9/h1-7,14H,8,17-18H2. The van der Waals surface area contributed by atoms with E-state index in [1.165, 1.54) is 11.0 Å². The molecule has 6 heteroatoms. The SMILES string of the molecule is Nc1cc(F)c(N2C(=O)OCC2c2ccccc2)cc1N. The smallest absolute Gasteiger partial charge is 0.415 e. The van der Waals surface area contributed by atoms with Gasteiger partial charge in [0.1, 0.15) is 12.4 Å². The average molecular weight is 287 g/mol. The molecule has 1 fully saturated rings. The van der Waals surface area contributed by atoms with Crippen LogP contribution in [0.4, 0.5) is 26.2 Å². The lowest BCUT2D eigenvalue weighted by Crippen LogP contribution is -2.28. The van der Waals surface area contributed by atoms with Crippen molar-refractivity contribution in [1.29, 1.82) is 0 Å². The van der Waals surface area contributed by atoms with Crippen LogP contribution in [0.1, 0.15) is 11.6 Å². The van der Waals surface area contributed by atoms with Crippen LogP contribution in [0.25, 0.3) is 0 Å². The minimum atomic E-state index is -0.610. The number of ether oxygens (including phenoxy) is 1. The van der Waals surface area contributed by atoms with Gasteiger partial charge in [0.25, 0.3) is 0 Å². The van der Waals surface area contributed by atoms with Gasteiger partial charge < -0.3 is 16.2 Å². The fourth-order valence-corrected chi connectivity index (χ4v) is 2.39. The summed E-state index contributed by atoms with van der Waals surface area (Å²) in [5.41, 5.74) is 12.6. The minimum absolute atomic E-state index is 0.0676. The zero-order valence-electron chi connectivity index (χ0n) is 11.1. The normalized spacial score (nSPS) is 17.9. The van der Waals surface area contributed by atoms with Crippen LogP contribution in [0, 0.1) is 5.82 Å². The predicted molar refractivity (Wildman–Crippen MR) is 78.2 cm³/mol. The van der Waals surface area contributed by atoms with Crippen LogP contribution in [-0.4, -0.2) is 12.7 Å². The number of amides is 1. The summed E-state index contributed by atoms with van der Waals surface area (Å²) >= 11 is 0. The Morgan fingerprint density at radius 1 is 1.14 bits per heavy atom. The molecule has 21 heavy (non-hydrogen) atoms. The Kier molecular flexibility index (Phi) is 3.13. The number of nitrogen functional groups attached to an aromatic ring is 2. The molecule has 0 saturated carbocycles. The van der Waals surface area contributed by atoms with E-state index in [-0.39, 0.29) is 23.7 Å². The van der Waals surface area contributed by atoms with Crippen LogP contribution < -0.4 is 16.4 Å².